The second-order valence-electron chi connectivity index (χ2n) is 5.36. The van der Waals surface area contributed by atoms with Crippen molar-refractivity contribution in [3.8, 4) is 11.6 Å². The van der Waals surface area contributed by atoms with Crippen LogP contribution in [-0.4, -0.2) is 27.2 Å². The van der Waals surface area contributed by atoms with E-state index in [1.165, 1.54) is 0 Å². The van der Waals surface area contributed by atoms with Crippen molar-refractivity contribution in [2.45, 2.75) is 19.8 Å². The number of carbonyl (C=O) groups is 2. The van der Waals surface area contributed by atoms with Gasteiger partial charge in [-0.3, -0.25) is 14.7 Å². The van der Waals surface area contributed by atoms with Crippen LogP contribution in [0.15, 0.2) is 30.3 Å². The van der Waals surface area contributed by atoms with Crippen LogP contribution in [0.2, 0.25) is 0 Å². The molecule has 3 N–H and O–H groups in total. The Balaban J connectivity index is 1.64. The number of aryl methyl sites for hydroxylation is 1. The molecular formula is C15H15N3O4. The molecule has 1 aliphatic carbocycles. The third-order valence-electron chi connectivity index (χ3n) is 3.61. The molecule has 3 rings (SSSR count). The number of carbonyl (C=O) groups excluding carboxylic acids is 1. The molecule has 1 amide bonds. The molecule has 7 nitrogen and oxygen atoms in total. The molecule has 2 aromatic rings. The van der Waals surface area contributed by atoms with Crippen LogP contribution >= 0.6 is 0 Å². The minimum absolute atomic E-state index is 0.383. The number of amides is 1. The van der Waals surface area contributed by atoms with E-state index in [1.54, 1.807) is 30.3 Å². The highest BCUT2D eigenvalue weighted by Crippen LogP contribution is 2.46. The Morgan fingerprint density at radius 1 is 1.32 bits per heavy atom. The molecule has 1 saturated carbocycles. The largest absolute Gasteiger partial charge is 0.480 e. The molecular weight excluding hydrogens is 286 g/mol. The maximum Gasteiger partial charge on any atom is 0.319 e. The smallest absolute Gasteiger partial charge is 0.319 e. The van der Waals surface area contributed by atoms with Crippen LogP contribution in [0.5, 0.6) is 11.6 Å². The topological polar surface area (TPSA) is 104 Å². The quantitative estimate of drug-likeness (QED) is 0.735. The molecule has 1 aromatic heterocycles. The van der Waals surface area contributed by atoms with Crippen molar-refractivity contribution < 1.29 is 19.4 Å². The van der Waals surface area contributed by atoms with Gasteiger partial charge < -0.3 is 15.2 Å². The van der Waals surface area contributed by atoms with Gasteiger partial charge in [-0.1, -0.05) is 0 Å². The molecule has 1 aliphatic rings. The first-order chi connectivity index (χ1) is 10.5. The van der Waals surface area contributed by atoms with Gasteiger partial charge in [-0.2, -0.15) is 0 Å². The van der Waals surface area contributed by atoms with Crippen molar-refractivity contribution in [2.75, 3.05) is 5.32 Å². The molecule has 0 atom stereocenters. The van der Waals surface area contributed by atoms with E-state index in [9.17, 15) is 9.59 Å². The second-order valence-corrected chi connectivity index (χ2v) is 5.36. The number of carboxylic acid groups (broad SMARTS) is 1. The predicted molar refractivity (Wildman–Crippen MR) is 77.8 cm³/mol. The highest BCUT2D eigenvalue weighted by Gasteiger charge is 2.57. The molecule has 0 unspecified atom stereocenters. The second kappa shape index (κ2) is 5.18. The number of carboxylic acids is 1. The number of benzene rings is 1. The molecule has 0 spiro atoms. The van der Waals surface area contributed by atoms with Crippen LogP contribution in [0.1, 0.15) is 18.5 Å². The summed E-state index contributed by atoms with van der Waals surface area (Å²) < 4.78 is 5.53. The summed E-state index contributed by atoms with van der Waals surface area (Å²) in [6.45, 7) is 1.87. The average Bonchev–Trinajstić information content (AvgIpc) is 3.21. The molecule has 1 heterocycles. The lowest BCUT2D eigenvalue weighted by Gasteiger charge is -2.11. The SMILES string of the molecule is Cc1cc(Oc2ccc(NC(=O)C3(C(=O)O)CC3)cc2)n[nH]1. The highest BCUT2D eigenvalue weighted by molar-refractivity contribution is 6.10. The number of nitrogens with zero attached hydrogens (tertiary/aromatic N) is 1. The van der Waals surface area contributed by atoms with Gasteiger partial charge in [0.1, 0.15) is 11.2 Å². The number of rotatable bonds is 5. The van der Waals surface area contributed by atoms with Gasteiger partial charge in [0.05, 0.1) is 0 Å². The van der Waals surface area contributed by atoms with Crippen LogP contribution in [0.3, 0.4) is 0 Å². The summed E-state index contributed by atoms with van der Waals surface area (Å²) in [6, 6.07) is 8.44. The van der Waals surface area contributed by atoms with Crippen LogP contribution in [0.4, 0.5) is 5.69 Å². The zero-order valence-corrected chi connectivity index (χ0v) is 11.9. The zero-order valence-electron chi connectivity index (χ0n) is 11.9. The standard InChI is InChI=1S/C15H15N3O4/c1-9-8-12(18-17-9)22-11-4-2-10(3-5-11)16-13(19)15(6-7-15)14(20)21/h2-5,8H,6-7H2,1H3,(H,16,19)(H,17,18)(H,20,21). The maximum absolute atomic E-state index is 12.0. The number of H-pyrrole nitrogens is 1. The van der Waals surface area contributed by atoms with Gasteiger partial charge in [0, 0.05) is 17.4 Å². The van der Waals surface area contributed by atoms with E-state index in [0.29, 0.717) is 30.2 Å². The van der Waals surface area contributed by atoms with Crippen LogP contribution in [0, 0.1) is 12.3 Å². The lowest BCUT2D eigenvalue weighted by atomic mass is 10.1. The summed E-state index contributed by atoms with van der Waals surface area (Å²) in [4.78, 5) is 23.1. The maximum atomic E-state index is 12.0. The van der Waals surface area contributed by atoms with Crippen molar-refractivity contribution in [1.82, 2.24) is 10.2 Å². The summed E-state index contributed by atoms with van der Waals surface area (Å²) >= 11 is 0. The molecule has 7 heteroatoms. The van der Waals surface area contributed by atoms with Gasteiger partial charge >= 0.3 is 5.97 Å². The van der Waals surface area contributed by atoms with E-state index in [0.717, 1.165) is 5.69 Å². The van der Waals surface area contributed by atoms with E-state index >= 15 is 0 Å². The summed E-state index contributed by atoms with van der Waals surface area (Å²) in [5.74, 6) is -0.517. The Morgan fingerprint density at radius 2 is 2.00 bits per heavy atom. The first kappa shape index (κ1) is 14.1. The Morgan fingerprint density at radius 3 is 2.50 bits per heavy atom. The number of anilines is 1. The van der Waals surface area contributed by atoms with E-state index in [4.69, 9.17) is 9.84 Å². The van der Waals surface area contributed by atoms with Crippen molar-refractivity contribution in [3.63, 3.8) is 0 Å². The Bertz CT molecular complexity index is 717. The summed E-state index contributed by atoms with van der Waals surface area (Å²) in [6.07, 6.45) is 0.766. The number of ether oxygens (including phenoxy) is 1. The summed E-state index contributed by atoms with van der Waals surface area (Å²) in [5, 5.41) is 18.4. The molecule has 0 aliphatic heterocycles. The molecule has 1 fully saturated rings. The van der Waals surface area contributed by atoms with E-state index in [1.807, 2.05) is 6.92 Å². The molecule has 0 saturated heterocycles. The van der Waals surface area contributed by atoms with E-state index in [-0.39, 0.29) is 0 Å². The van der Waals surface area contributed by atoms with E-state index in [2.05, 4.69) is 15.5 Å². The molecule has 0 radical (unpaired) electrons. The Labute approximate surface area is 126 Å². The number of aromatic nitrogens is 2. The predicted octanol–water partition coefficient (Wildman–Crippen LogP) is 2.31. The third kappa shape index (κ3) is 2.65. The van der Waals surface area contributed by atoms with Crippen LogP contribution in [0.25, 0.3) is 0 Å². The number of nitrogens with one attached hydrogen (secondary N) is 2. The first-order valence-corrected chi connectivity index (χ1v) is 6.84. The van der Waals surface area contributed by atoms with Crippen molar-refractivity contribution in [2.24, 2.45) is 5.41 Å². The summed E-state index contributed by atoms with van der Waals surface area (Å²) in [7, 11) is 0. The van der Waals surface area contributed by atoms with Crippen molar-refractivity contribution >= 4 is 17.6 Å². The normalized spacial score (nSPS) is 15.1. The lowest BCUT2D eigenvalue weighted by Crippen LogP contribution is -2.31. The zero-order chi connectivity index (χ0) is 15.7. The Kier molecular flexibility index (Phi) is 3.32. The molecule has 0 bridgehead atoms. The lowest BCUT2D eigenvalue weighted by molar-refractivity contribution is -0.147. The minimum atomic E-state index is -1.25. The Hall–Kier alpha value is -2.83. The van der Waals surface area contributed by atoms with E-state index < -0.39 is 17.3 Å². The van der Waals surface area contributed by atoms with Crippen molar-refractivity contribution in [3.05, 3.63) is 36.0 Å². The number of aliphatic carboxylic acids is 1. The third-order valence-corrected chi connectivity index (χ3v) is 3.61. The summed E-state index contributed by atoms with van der Waals surface area (Å²) in [5.41, 5.74) is 0.173. The molecule has 114 valence electrons. The fourth-order valence-corrected chi connectivity index (χ4v) is 2.09. The average molecular weight is 301 g/mol. The van der Waals surface area contributed by atoms with Crippen LogP contribution < -0.4 is 10.1 Å². The van der Waals surface area contributed by atoms with Gasteiger partial charge in [-0.05, 0) is 44.0 Å². The van der Waals surface area contributed by atoms with Crippen LogP contribution in [-0.2, 0) is 9.59 Å². The highest BCUT2D eigenvalue weighted by atomic mass is 16.5. The van der Waals surface area contributed by atoms with Crippen molar-refractivity contribution in [1.29, 1.82) is 0 Å². The fraction of sp³-hybridized carbons (Fsp3) is 0.267. The number of aromatic amines is 1. The fourth-order valence-electron chi connectivity index (χ4n) is 2.09. The first-order valence-electron chi connectivity index (χ1n) is 6.84. The number of hydrogen-bond acceptors (Lipinski definition) is 4. The van der Waals surface area contributed by atoms with Gasteiger partial charge in [0.2, 0.25) is 11.8 Å². The minimum Gasteiger partial charge on any atom is -0.480 e. The number of hydrogen-bond donors (Lipinski definition) is 3. The molecule has 22 heavy (non-hydrogen) atoms. The monoisotopic (exact) mass is 301 g/mol. The van der Waals surface area contributed by atoms with Gasteiger partial charge in [0.25, 0.3) is 0 Å². The van der Waals surface area contributed by atoms with Gasteiger partial charge in [0.15, 0.2) is 0 Å². The van der Waals surface area contributed by atoms with Gasteiger partial charge in [-0.25, -0.2) is 0 Å². The van der Waals surface area contributed by atoms with Gasteiger partial charge in [-0.15, -0.1) is 5.10 Å². The molecule has 1 aromatic carbocycles.